The minimum Gasteiger partial charge on any atom is -0.394 e. The Labute approximate surface area is 498 Å². The summed E-state index contributed by atoms with van der Waals surface area (Å²) in [5, 5.41) is 87.3. The van der Waals surface area contributed by atoms with Crippen LogP contribution >= 0.6 is 0 Å². The molecule has 0 aromatic carbocycles. The largest absolute Gasteiger partial charge is 0.394 e. The summed E-state index contributed by atoms with van der Waals surface area (Å²) in [6.07, 6.45) is 53.6. The molecule has 0 aliphatic carbocycles. The van der Waals surface area contributed by atoms with Crippen LogP contribution in [0.2, 0.25) is 0 Å². The van der Waals surface area contributed by atoms with Crippen LogP contribution in [0.25, 0.3) is 0 Å². The number of hydrogen-bond acceptors (Lipinski definition) is 13. The van der Waals surface area contributed by atoms with Gasteiger partial charge >= 0.3 is 0 Å². The molecule has 0 aromatic heterocycles. The Bertz CT molecular complexity index is 1650. The molecule has 2 heterocycles. The zero-order valence-corrected chi connectivity index (χ0v) is 51.5. The van der Waals surface area contributed by atoms with Gasteiger partial charge in [0, 0.05) is 6.42 Å². The van der Waals surface area contributed by atoms with Crippen LogP contribution in [-0.4, -0.2) is 140 Å². The molecule has 9 N–H and O–H groups in total. The summed E-state index contributed by atoms with van der Waals surface area (Å²) >= 11 is 0. The van der Waals surface area contributed by atoms with Gasteiger partial charge < -0.3 is 65.1 Å². The molecule has 0 bridgehead atoms. The summed E-state index contributed by atoms with van der Waals surface area (Å²) < 4.78 is 22.8. The van der Waals surface area contributed by atoms with E-state index in [2.05, 4.69) is 79.9 Å². The molecule has 12 atom stereocenters. The van der Waals surface area contributed by atoms with Crippen LogP contribution in [0.1, 0.15) is 258 Å². The van der Waals surface area contributed by atoms with Gasteiger partial charge in [0.15, 0.2) is 12.6 Å². The number of unbranched alkanes of at least 4 members (excludes halogenated alkanes) is 30. The molecule has 2 aliphatic heterocycles. The predicted octanol–water partition coefficient (Wildman–Crippen LogP) is 12.7. The maximum atomic E-state index is 13.3. The van der Waals surface area contributed by atoms with Crippen LogP contribution in [0.15, 0.2) is 72.9 Å². The van der Waals surface area contributed by atoms with Crippen LogP contribution in [0.3, 0.4) is 0 Å². The van der Waals surface area contributed by atoms with Crippen LogP contribution in [0, 0.1) is 0 Å². The van der Waals surface area contributed by atoms with E-state index in [9.17, 15) is 45.6 Å². The molecule has 0 radical (unpaired) electrons. The highest BCUT2D eigenvalue weighted by molar-refractivity contribution is 5.76. The number of amides is 1. The van der Waals surface area contributed by atoms with Crippen molar-refractivity contribution in [2.24, 2.45) is 0 Å². The summed E-state index contributed by atoms with van der Waals surface area (Å²) in [5.74, 6) is -0.243. The maximum absolute atomic E-state index is 13.3. The van der Waals surface area contributed by atoms with Gasteiger partial charge in [-0.15, -0.1) is 0 Å². The van der Waals surface area contributed by atoms with E-state index in [-0.39, 0.29) is 18.9 Å². The summed E-state index contributed by atoms with van der Waals surface area (Å²) in [4.78, 5) is 13.3. The van der Waals surface area contributed by atoms with Gasteiger partial charge in [0.25, 0.3) is 0 Å². The van der Waals surface area contributed by atoms with Crippen LogP contribution in [0.5, 0.6) is 0 Å². The third-order valence-electron chi connectivity index (χ3n) is 15.9. The fourth-order valence-corrected chi connectivity index (χ4v) is 10.6. The third kappa shape index (κ3) is 37.1. The monoisotopic (exact) mass is 1160 g/mol. The van der Waals surface area contributed by atoms with Crippen molar-refractivity contribution in [3.8, 4) is 0 Å². The Kier molecular flexibility index (Phi) is 48.6. The average molecular weight is 1160 g/mol. The lowest BCUT2D eigenvalue weighted by atomic mass is 9.97. The van der Waals surface area contributed by atoms with Crippen molar-refractivity contribution < 1.29 is 64.6 Å². The van der Waals surface area contributed by atoms with E-state index in [1.54, 1.807) is 6.08 Å². The van der Waals surface area contributed by atoms with Crippen molar-refractivity contribution >= 4 is 5.91 Å². The van der Waals surface area contributed by atoms with Crippen molar-refractivity contribution in [3.63, 3.8) is 0 Å². The second-order valence-electron chi connectivity index (χ2n) is 23.2. The van der Waals surface area contributed by atoms with E-state index >= 15 is 0 Å². The van der Waals surface area contributed by atoms with E-state index in [0.717, 1.165) is 77.0 Å². The summed E-state index contributed by atoms with van der Waals surface area (Å²) in [6.45, 7) is 2.70. The van der Waals surface area contributed by atoms with Gasteiger partial charge in [-0.05, 0) is 64.2 Å². The van der Waals surface area contributed by atoms with E-state index in [1.165, 1.54) is 154 Å². The maximum Gasteiger partial charge on any atom is 0.220 e. The van der Waals surface area contributed by atoms with Gasteiger partial charge in [0.2, 0.25) is 5.91 Å². The minimum atomic E-state index is -1.79. The van der Waals surface area contributed by atoms with Gasteiger partial charge in [-0.3, -0.25) is 4.79 Å². The molecule has 0 spiro atoms. The smallest absolute Gasteiger partial charge is 0.220 e. The van der Waals surface area contributed by atoms with E-state index in [1.807, 2.05) is 6.08 Å². The molecule has 14 nitrogen and oxygen atoms in total. The van der Waals surface area contributed by atoms with Crippen LogP contribution in [-0.2, 0) is 23.7 Å². The highest BCUT2D eigenvalue weighted by atomic mass is 16.7. The van der Waals surface area contributed by atoms with Crippen molar-refractivity contribution in [3.05, 3.63) is 72.9 Å². The van der Waals surface area contributed by atoms with Gasteiger partial charge in [-0.2, -0.15) is 0 Å². The highest BCUT2D eigenvalue weighted by Crippen LogP contribution is 2.30. The molecular weight excluding hydrogens is 1040 g/mol. The average Bonchev–Trinajstić information content (AvgIpc) is 3.67. The number of rotatable bonds is 53. The zero-order valence-electron chi connectivity index (χ0n) is 51.5. The van der Waals surface area contributed by atoms with Gasteiger partial charge in [-0.1, -0.05) is 260 Å². The minimum absolute atomic E-state index is 0.243. The Morgan fingerprint density at radius 1 is 0.451 bits per heavy atom. The Morgan fingerprint density at radius 3 is 1.29 bits per heavy atom. The number of carbonyl (C=O) groups is 1. The normalized spacial score (nSPS) is 24.4. The van der Waals surface area contributed by atoms with Crippen molar-refractivity contribution in [2.45, 2.75) is 331 Å². The molecule has 82 heavy (non-hydrogen) atoms. The summed E-state index contributed by atoms with van der Waals surface area (Å²) in [6, 6.07) is -0.921. The Balaban J connectivity index is 1.71. The molecule has 14 heteroatoms. The first kappa shape index (κ1) is 75.5. The summed E-state index contributed by atoms with van der Waals surface area (Å²) in [7, 11) is 0. The van der Waals surface area contributed by atoms with Gasteiger partial charge in [0.1, 0.15) is 48.8 Å². The van der Waals surface area contributed by atoms with Crippen LogP contribution in [0.4, 0.5) is 0 Å². The molecular formula is C68H121NO13. The lowest BCUT2D eigenvalue weighted by Gasteiger charge is -2.46. The molecule has 2 fully saturated rings. The lowest BCUT2D eigenvalue weighted by molar-refractivity contribution is -0.359. The number of aliphatic hydroxyl groups is 8. The summed E-state index contributed by atoms with van der Waals surface area (Å²) in [5.41, 5.74) is 0. The van der Waals surface area contributed by atoms with Gasteiger partial charge in [-0.25, -0.2) is 0 Å². The van der Waals surface area contributed by atoms with Crippen molar-refractivity contribution in [1.29, 1.82) is 0 Å². The molecule has 2 aliphatic rings. The SMILES string of the molecule is CC/C=C\C/C=C\C/C=C\C/C=C\C/C=C\CCCCCCCCCCCCCC(=O)NC(COC1OC(CO)C(OC2OC(CO)C(O)C(O)C2O)C(O)C1O)C(O)/C=C/CCCCCCCCCCCCCCCCCCCCC. The molecule has 2 saturated heterocycles. The Hall–Kier alpha value is -2.57. The number of hydrogen-bond donors (Lipinski definition) is 9. The fraction of sp³-hybridized carbons (Fsp3) is 0.809. The second-order valence-corrected chi connectivity index (χ2v) is 23.2. The first-order valence-electron chi connectivity index (χ1n) is 33.2. The standard InChI is InChI=1S/C68H121NO13/c1-3-5-7-9-11-13-15-17-19-21-23-25-26-27-28-29-30-32-34-36-38-40-42-44-46-48-50-52-60(73)69-56(57(72)51-49-47-45-43-41-39-37-35-33-31-24-22-20-18-16-14-12-10-8-6-4-2)55-79-67-65(78)63(76)66(59(54-71)81-67)82-68-64(77)62(75)61(74)58(53-70)80-68/h5,7,11,13,17,19,23,25,27-28,49,51,56-59,61-68,70-72,74-78H,3-4,6,8-10,12,14-16,18,20-22,24,26,29-48,50,52-55H2,1-2H3,(H,69,73)/b7-5-,13-11-,19-17-,25-23-,28-27-,51-49+. The third-order valence-corrected chi connectivity index (χ3v) is 15.9. The number of ether oxygens (including phenoxy) is 4. The molecule has 0 saturated carbocycles. The fourth-order valence-electron chi connectivity index (χ4n) is 10.6. The molecule has 2 rings (SSSR count). The van der Waals surface area contributed by atoms with E-state index in [4.69, 9.17) is 18.9 Å². The molecule has 12 unspecified atom stereocenters. The van der Waals surface area contributed by atoms with Crippen LogP contribution < -0.4 is 5.32 Å². The first-order chi connectivity index (χ1) is 40.1. The zero-order chi connectivity index (χ0) is 59.5. The first-order valence-corrected chi connectivity index (χ1v) is 33.2. The second kappa shape index (κ2) is 52.7. The quantitative estimate of drug-likeness (QED) is 0.0204. The number of aliphatic hydroxyl groups excluding tert-OH is 8. The van der Waals surface area contributed by atoms with Crippen molar-refractivity contribution in [1.82, 2.24) is 5.32 Å². The lowest BCUT2D eigenvalue weighted by Crippen LogP contribution is -2.65. The number of nitrogens with one attached hydrogen (secondary N) is 1. The molecule has 1 amide bonds. The van der Waals surface area contributed by atoms with Crippen molar-refractivity contribution in [2.75, 3.05) is 19.8 Å². The molecule has 0 aromatic rings. The topological polar surface area (TPSA) is 228 Å². The Morgan fingerprint density at radius 2 is 0.841 bits per heavy atom. The highest BCUT2D eigenvalue weighted by Gasteiger charge is 2.51. The van der Waals surface area contributed by atoms with E-state index in [0.29, 0.717) is 6.42 Å². The predicted molar refractivity (Wildman–Crippen MR) is 332 cm³/mol. The van der Waals surface area contributed by atoms with Gasteiger partial charge in [0.05, 0.1) is 32.0 Å². The molecule has 476 valence electrons. The number of allylic oxidation sites excluding steroid dienone is 11. The van der Waals surface area contributed by atoms with E-state index < -0.39 is 86.8 Å². The number of carbonyl (C=O) groups excluding carboxylic acids is 1.